The number of hydrogen-bond donors (Lipinski definition) is 0. The van der Waals surface area contributed by atoms with Gasteiger partial charge in [0.25, 0.3) is 0 Å². The minimum atomic E-state index is -4.00. The molecule has 2 aliphatic rings. The summed E-state index contributed by atoms with van der Waals surface area (Å²) in [4.78, 5) is 49.1. The number of rotatable bonds is 6. The molecule has 10 radical (unpaired) electrons. The summed E-state index contributed by atoms with van der Waals surface area (Å²) in [5.41, 5.74) is 0.108. The molecule has 0 bridgehead atoms. The van der Waals surface area contributed by atoms with Crippen molar-refractivity contribution in [3.63, 3.8) is 0 Å². The van der Waals surface area contributed by atoms with Gasteiger partial charge in [-0.3, -0.25) is 0 Å². The summed E-state index contributed by atoms with van der Waals surface area (Å²) in [6.07, 6.45) is 0. The van der Waals surface area contributed by atoms with Gasteiger partial charge < -0.3 is 0 Å². The average Bonchev–Trinajstić information content (AvgIpc) is 2.81. The van der Waals surface area contributed by atoms with Crippen molar-refractivity contribution in [1.29, 1.82) is 0 Å². The van der Waals surface area contributed by atoms with Gasteiger partial charge in [0.2, 0.25) is 0 Å². The number of fused-ring (bicyclic) bond motifs is 2. The summed E-state index contributed by atoms with van der Waals surface area (Å²) in [6.45, 7) is 0. The van der Waals surface area contributed by atoms with E-state index >= 15 is 0 Å². The maximum atomic E-state index is 12.6. The second-order valence-electron chi connectivity index (χ2n) is 5.69. The maximum absolute atomic E-state index is 12.6. The molecule has 162 valence electrons. The van der Waals surface area contributed by atoms with Gasteiger partial charge >= 0.3 is 253 Å². The van der Waals surface area contributed by atoms with Crippen molar-refractivity contribution >= 4 is 148 Å². The van der Waals surface area contributed by atoms with Crippen LogP contribution in [0.2, 0.25) is 0 Å². The van der Waals surface area contributed by atoms with Gasteiger partial charge in [0.05, 0.1) is 0 Å². The van der Waals surface area contributed by atoms with E-state index in [1.165, 1.54) is 36.4 Å². The van der Waals surface area contributed by atoms with Crippen molar-refractivity contribution in [2.75, 3.05) is 0 Å². The SMILES string of the molecule is O=[N+]([O][Pb])c1ccc2c(c1)[N+](=O)[O][Pb]([O][Pb]1[O]c3ccc([N+](=O)[O][Pb])cc3[N+](=O)[O]1)[O][Pb][O]2. The third-order valence-electron chi connectivity index (χ3n) is 3.82. The standard InChI is InChI=1S/2C6H4N2O5.2O.5Pb/c2*9-6-2-1-4(7(10)11)3-5(6)8(12)13;;;;;;;/h2*1-3,9H;;;;;;;/q;;;;4*+1;+2/p-2. The van der Waals surface area contributed by atoms with E-state index in [4.69, 9.17) is 15.0 Å². The Morgan fingerprint density at radius 2 is 1.39 bits per heavy atom. The Balaban J connectivity index is 1.47. The van der Waals surface area contributed by atoms with Crippen LogP contribution in [0.25, 0.3) is 0 Å². The van der Waals surface area contributed by atoms with Crippen LogP contribution in [0.4, 0.5) is 22.7 Å². The normalized spacial score (nSPS) is 15.9. The fourth-order valence-electron chi connectivity index (χ4n) is 2.41. The van der Waals surface area contributed by atoms with Crippen molar-refractivity contribution in [3.8, 4) is 11.5 Å². The van der Waals surface area contributed by atoms with E-state index in [9.17, 15) is 19.6 Å². The molecule has 2 aliphatic heterocycles. The zero-order valence-electron chi connectivity index (χ0n) is 15.7. The van der Waals surface area contributed by atoms with Gasteiger partial charge in [-0.05, 0) is 0 Å². The third kappa shape index (κ3) is 6.30. The van der Waals surface area contributed by atoms with E-state index in [2.05, 4.69) is 2.79 Å². The molecule has 0 saturated heterocycles. The first-order valence-electron chi connectivity index (χ1n) is 8.28. The molecule has 2 aromatic carbocycles. The number of nitrogens with zero attached hydrogens (tertiary/aromatic N) is 4. The van der Waals surface area contributed by atoms with Gasteiger partial charge in [0, 0.05) is 0 Å². The van der Waals surface area contributed by atoms with Gasteiger partial charge in [-0.1, -0.05) is 0 Å². The zero-order chi connectivity index (χ0) is 23.5. The first kappa shape index (κ1) is 26.2. The first-order chi connectivity index (χ1) is 15.9. The van der Waals surface area contributed by atoms with Crippen LogP contribution in [0.1, 0.15) is 0 Å². The molecule has 0 aromatic heterocycles. The topological polar surface area (TPSA) is 154 Å². The molecule has 16 nitrogen and oxygen atoms in total. The van der Waals surface area contributed by atoms with Crippen LogP contribution in [0, 0.1) is 19.6 Å². The van der Waals surface area contributed by atoms with Crippen molar-refractivity contribution in [2.24, 2.45) is 0 Å². The van der Waals surface area contributed by atoms with Crippen molar-refractivity contribution < 1.29 is 37.5 Å². The van der Waals surface area contributed by atoms with Gasteiger partial charge in [0.15, 0.2) is 0 Å². The molecular formula is C12H6N4O12Pb5+4. The summed E-state index contributed by atoms with van der Waals surface area (Å²) in [5.74, 6) is 0.368. The van der Waals surface area contributed by atoms with Crippen molar-refractivity contribution in [3.05, 3.63) is 56.0 Å². The molecule has 0 atom stereocenters. The first-order valence-corrected chi connectivity index (χ1v) is 24.2. The van der Waals surface area contributed by atoms with Gasteiger partial charge in [-0.15, -0.1) is 0 Å². The Kier molecular flexibility index (Phi) is 9.49. The molecule has 0 aliphatic carbocycles. The number of benzene rings is 2. The van der Waals surface area contributed by atoms with E-state index in [-0.39, 0.29) is 106 Å². The monoisotopic (exact) mass is 1440 g/mol. The van der Waals surface area contributed by atoms with Crippen molar-refractivity contribution in [2.45, 2.75) is 0 Å². The Morgan fingerprint density at radius 1 is 0.848 bits per heavy atom. The zero-order valence-corrected chi connectivity index (χ0v) is 35.1. The summed E-state index contributed by atoms with van der Waals surface area (Å²) in [7, 11) is 0. The summed E-state index contributed by atoms with van der Waals surface area (Å²) >= 11 is -9.85. The summed E-state index contributed by atoms with van der Waals surface area (Å²) in [6, 6.07) is 8.23. The molecule has 0 unspecified atom stereocenters. The van der Waals surface area contributed by atoms with Crippen LogP contribution in [0.3, 0.4) is 0 Å². The minimum absolute atomic E-state index is 0.0313. The molecule has 0 amide bonds. The predicted octanol–water partition coefficient (Wildman–Crippen LogP) is 0.244. The molecule has 33 heavy (non-hydrogen) atoms. The molecule has 21 heteroatoms. The fourth-order valence-corrected chi connectivity index (χ4v) is 36.8. The second kappa shape index (κ2) is 11.9. The van der Waals surface area contributed by atoms with E-state index in [1.807, 2.05) is 0 Å². The van der Waals surface area contributed by atoms with Crippen LogP contribution in [0.15, 0.2) is 36.4 Å². The fraction of sp³-hybridized carbons (Fsp3) is 0. The van der Waals surface area contributed by atoms with Gasteiger partial charge in [0.1, 0.15) is 0 Å². The van der Waals surface area contributed by atoms with Crippen LogP contribution >= 0.6 is 0 Å². The number of hydrogen-bond acceptors (Lipinski definition) is 12. The van der Waals surface area contributed by atoms with Crippen molar-refractivity contribution in [1.82, 2.24) is 0 Å². The van der Waals surface area contributed by atoms with Gasteiger partial charge in [-0.25, -0.2) is 0 Å². The molecule has 4 rings (SSSR count). The molecule has 0 saturated carbocycles. The van der Waals surface area contributed by atoms with E-state index in [1.54, 1.807) is 0 Å². The molecule has 2 heterocycles. The van der Waals surface area contributed by atoms with Gasteiger partial charge in [-0.2, -0.15) is 0 Å². The molecule has 0 N–H and O–H groups in total. The van der Waals surface area contributed by atoms with Crippen LogP contribution in [0.5, 0.6) is 11.5 Å². The third-order valence-corrected chi connectivity index (χ3v) is 32.4. The second-order valence-corrected chi connectivity index (χ2v) is 30.2. The Morgan fingerprint density at radius 3 is 2.00 bits per heavy atom. The Bertz CT molecular complexity index is 1150. The van der Waals surface area contributed by atoms with E-state index in [0.717, 1.165) is 0 Å². The van der Waals surface area contributed by atoms with Crippen LogP contribution < -0.4 is 5.37 Å². The molecular weight excluding hydrogens is 1430 g/mol. The van der Waals surface area contributed by atoms with Crippen LogP contribution in [-0.4, -0.2) is 145 Å². The van der Waals surface area contributed by atoms with E-state index in [0.29, 0.717) is 0 Å². The molecule has 2 aromatic rings. The van der Waals surface area contributed by atoms with E-state index < -0.39 is 73.3 Å². The quantitative estimate of drug-likeness (QED) is 0.288. The van der Waals surface area contributed by atoms with Crippen LogP contribution in [-0.2, 0) is 12.4 Å². The summed E-state index contributed by atoms with van der Waals surface area (Å²) < 4.78 is 42.6. The molecule has 0 spiro atoms. The predicted molar refractivity (Wildman–Crippen MR) is 103 cm³/mol. The summed E-state index contributed by atoms with van der Waals surface area (Å²) in [5, 5.41) is 0. The molecule has 0 fully saturated rings. The Labute approximate surface area is 249 Å². The Hall–Kier alpha value is 0.170. The average molecular weight is 1430 g/mol.